The molecule has 3 heteroatoms. The lowest BCUT2D eigenvalue weighted by atomic mass is 9.89. The van der Waals surface area contributed by atoms with Gasteiger partial charge in [-0.05, 0) is 25.2 Å². The van der Waals surface area contributed by atoms with Crippen molar-refractivity contribution in [3.63, 3.8) is 0 Å². The third-order valence-electron chi connectivity index (χ3n) is 3.31. The summed E-state index contributed by atoms with van der Waals surface area (Å²) in [6, 6.07) is 0. The molecule has 0 aromatic rings. The van der Waals surface area contributed by atoms with E-state index in [4.69, 9.17) is 4.74 Å². The Kier molecular flexibility index (Phi) is 5.71. The highest BCUT2D eigenvalue weighted by atomic mass is 16.6. The Labute approximate surface area is 97.5 Å². The Bertz CT molecular complexity index is 248. The van der Waals surface area contributed by atoms with Crippen molar-refractivity contribution >= 4 is 5.78 Å². The highest BCUT2D eigenvalue weighted by Gasteiger charge is 2.34. The van der Waals surface area contributed by atoms with Gasteiger partial charge < -0.3 is 9.84 Å². The lowest BCUT2D eigenvalue weighted by Gasteiger charge is -2.19. The molecule has 0 spiro atoms. The molecule has 3 nitrogen and oxygen atoms in total. The van der Waals surface area contributed by atoms with E-state index in [1.54, 1.807) is 0 Å². The zero-order valence-electron chi connectivity index (χ0n) is 10.2. The van der Waals surface area contributed by atoms with E-state index < -0.39 is 6.29 Å². The molecule has 0 aliphatic heterocycles. The van der Waals surface area contributed by atoms with Crippen LogP contribution in [0.4, 0.5) is 0 Å². The zero-order chi connectivity index (χ0) is 12.0. The fourth-order valence-corrected chi connectivity index (χ4v) is 2.35. The number of aliphatic hydroxyl groups is 1. The van der Waals surface area contributed by atoms with E-state index in [9.17, 15) is 9.90 Å². The van der Waals surface area contributed by atoms with Crippen LogP contribution in [0.25, 0.3) is 0 Å². The number of hydrogen-bond acceptors (Lipinski definition) is 3. The predicted molar refractivity (Wildman–Crippen MR) is 62.9 cm³/mol. The minimum absolute atomic E-state index is 0.0904. The number of ether oxygens (including phenoxy) is 1. The maximum Gasteiger partial charge on any atom is 0.154 e. The second-order valence-corrected chi connectivity index (χ2v) is 4.41. The van der Waals surface area contributed by atoms with E-state index in [2.05, 4.69) is 19.1 Å². The van der Waals surface area contributed by atoms with Gasteiger partial charge in [0.1, 0.15) is 5.78 Å². The Balaban J connectivity index is 2.49. The average Bonchev–Trinajstić information content (AvgIpc) is 2.61. The SMILES string of the molecule is CCC=CCC1C(=O)CCC1CC(O)OC. The molecule has 1 fully saturated rings. The second kappa shape index (κ2) is 6.81. The van der Waals surface area contributed by atoms with Gasteiger partial charge in [0.25, 0.3) is 0 Å². The van der Waals surface area contributed by atoms with Gasteiger partial charge in [0.15, 0.2) is 6.29 Å². The minimum Gasteiger partial charge on any atom is -0.368 e. The van der Waals surface area contributed by atoms with Gasteiger partial charge >= 0.3 is 0 Å². The van der Waals surface area contributed by atoms with Gasteiger partial charge in [-0.25, -0.2) is 0 Å². The van der Waals surface area contributed by atoms with Gasteiger partial charge in [-0.3, -0.25) is 4.79 Å². The van der Waals surface area contributed by atoms with E-state index in [0.29, 0.717) is 18.6 Å². The topological polar surface area (TPSA) is 46.5 Å². The Morgan fingerprint density at radius 3 is 2.94 bits per heavy atom. The Morgan fingerprint density at radius 2 is 2.31 bits per heavy atom. The molecule has 3 unspecified atom stereocenters. The second-order valence-electron chi connectivity index (χ2n) is 4.41. The standard InChI is InChI=1S/C13H22O3/c1-3-4-5-6-11-10(7-8-12(11)14)9-13(15)16-2/h4-5,10-11,13,15H,3,6-9H2,1-2H3. The van der Waals surface area contributed by atoms with Crippen LogP contribution in [-0.2, 0) is 9.53 Å². The average molecular weight is 226 g/mol. The van der Waals surface area contributed by atoms with Crippen LogP contribution in [0.2, 0.25) is 0 Å². The van der Waals surface area contributed by atoms with Crippen molar-refractivity contribution in [3.8, 4) is 0 Å². The van der Waals surface area contributed by atoms with Crippen LogP contribution in [-0.4, -0.2) is 24.3 Å². The summed E-state index contributed by atoms with van der Waals surface area (Å²) in [7, 11) is 1.49. The molecule has 0 radical (unpaired) electrons. The number of methoxy groups -OCH3 is 1. The summed E-state index contributed by atoms with van der Waals surface area (Å²) in [5.74, 6) is 0.714. The first-order valence-electron chi connectivity index (χ1n) is 6.07. The number of hydrogen-bond donors (Lipinski definition) is 1. The van der Waals surface area contributed by atoms with Crippen molar-refractivity contribution in [2.24, 2.45) is 11.8 Å². The van der Waals surface area contributed by atoms with Gasteiger partial charge in [-0.2, -0.15) is 0 Å². The highest BCUT2D eigenvalue weighted by Crippen LogP contribution is 2.34. The molecule has 1 N–H and O–H groups in total. The number of aliphatic hydroxyl groups excluding tert-OH is 1. The summed E-state index contributed by atoms with van der Waals surface area (Å²) in [4.78, 5) is 11.7. The van der Waals surface area contributed by atoms with Crippen molar-refractivity contribution in [3.05, 3.63) is 12.2 Å². The monoisotopic (exact) mass is 226 g/mol. The van der Waals surface area contributed by atoms with Crippen LogP contribution >= 0.6 is 0 Å². The van der Waals surface area contributed by atoms with E-state index >= 15 is 0 Å². The molecule has 1 aliphatic carbocycles. The first-order valence-corrected chi connectivity index (χ1v) is 6.07. The lowest BCUT2D eigenvalue weighted by molar-refractivity contribution is -0.122. The molecule has 1 saturated carbocycles. The maximum absolute atomic E-state index is 11.7. The fraction of sp³-hybridized carbons (Fsp3) is 0.769. The van der Waals surface area contributed by atoms with Gasteiger partial charge in [0, 0.05) is 25.9 Å². The highest BCUT2D eigenvalue weighted by molar-refractivity contribution is 5.83. The van der Waals surface area contributed by atoms with E-state index in [1.807, 2.05) is 0 Å². The maximum atomic E-state index is 11.7. The zero-order valence-corrected chi connectivity index (χ0v) is 10.2. The number of ketones is 1. The van der Waals surface area contributed by atoms with Crippen molar-refractivity contribution < 1.29 is 14.6 Å². The Morgan fingerprint density at radius 1 is 1.56 bits per heavy atom. The smallest absolute Gasteiger partial charge is 0.154 e. The molecular weight excluding hydrogens is 204 g/mol. The summed E-state index contributed by atoms with van der Waals surface area (Å²) < 4.78 is 4.85. The summed E-state index contributed by atoms with van der Waals surface area (Å²) >= 11 is 0. The largest absolute Gasteiger partial charge is 0.368 e. The molecule has 0 heterocycles. The summed E-state index contributed by atoms with van der Waals surface area (Å²) in [5.41, 5.74) is 0. The summed E-state index contributed by atoms with van der Waals surface area (Å²) in [6.45, 7) is 2.08. The number of allylic oxidation sites excluding steroid dienone is 2. The lowest BCUT2D eigenvalue weighted by Crippen LogP contribution is -2.20. The van der Waals surface area contributed by atoms with Crippen LogP contribution in [0.1, 0.15) is 39.0 Å². The summed E-state index contributed by atoms with van der Waals surface area (Å²) in [6.07, 6.45) is 7.39. The van der Waals surface area contributed by atoms with Gasteiger partial charge in [-0.1, -0.05) is 19.1 Å². The molecule has 0 aromatic heterocycles. The minimum atomic E-state index is -0.728. The summed E-state index contributed by atoms with van der Waals surface area (Å²) in [5, 5.41) is 9.44. The van der Waals surface area contributed by atoms with Crippen LogP contribution in [0.3, 0.4) is 0 Å². The van der Waals surface area contributed by atoms with Crippen molar-refractivity contribution in [1.29, 1.82) is 0 Å². The van der Waals surface area contributed by atoms with Crippen LogP contribution in [0.5, 0.6) is 0 Å². The third kappa shape index (κ3) is 3.72. The molecule has 0 saturated heterocycles. The normalized spacial score (nSPS) is 27.8. The van der Waals surface area contributed by atoms with Crippen LogP contribution in [0, 0.1) is 11.8 Å². The van der Waals surface area contributed by atoms with E-state index in [1.165, 1.54) is 7.11 Å². The Hall–Kier alpha value is -0.670. The van der Waals surface area contributed by atoms with Gasteiger partial charge in [0.2, 0.25) is 0 Å². The number of rotatable bonds is 6. The molecule has 1 rings (SSSR count). The van der Waals surface area contributed by atoms with Crippen molar-refractivity contribution in [1.82, 2.24) is 0 Å². The first-order chi connectivity index (χ1) is 7.69. The molecule has 3 atom stereocenters. The quantitative estimate of drug-likeness (QED) is 0.558. The molecule has 0 bridgehead atoms. The van der Waals surface area contributed by atoms with Crippen LogP contribution < -0.4 is 0 Å². The number of carbonyl (C=O) groups excluding carboxylic acids is 1. The van der Waals surface area contributed by atoms with Crippen molar-refractivity contribution in [2.75, 3.05) is 7.11 Å². The molecule has 0 aromatic carbocycles. The molecule has 16 heavy (non-hydrogen) atoms. The van der Waals surface area contributed by atoms with Gasteiger partial charge in [0.05, 0.1) is 0 Å². The molecule has 0 amide bonds. The molecule has 1 aliphatic rings. The first kappa shape index (κ1) is 13.4. The molecular formula is C13H22O3. The van der Waals surface area contributed by atoms with E-state index in [0.717, 1.165) is 19.3 Å². The fourth-order valence-electron chi connectivity index (χ4n) is 2.35. The molecule has 92 valence electrons. The third-order valence-corrected chi connectivity index (χ3v) is 3.31. The number of carbonyl (C=O) groups is 1. The van der Waals surface area contributed by atoms with Crippen LogP contribution in [0.15, 0.2) is 12.2 Å². The predicted octanol–water partition coefficient (Wildman–Crippen LogP) is 2.29. The van der Waals surface area contributed by atoms with E-state index in [-0.39, 0.29) is 11.8 Å². The number of Topliss-reactive ketones (excluding diaryl/α,β-unsaturated/α-hetero) is 1. The van der Waals surface area contributed by atoms with Gasteiger partial charge in [-0.15, -0.1) is 0 Å². The van der Waals surface area contributed by atoms with Crippen molar-refractivity contribution in [2.45, 2.75) is 45.3 Å².